The summed E-state index contributed by atoms with van der Waals surface area (Å²) in [6.45, 7) is 3.58. The fourth-order valence-corrected chi connectivity index (χ4v) is 4.25. The first kappa shape index (κ1) is 16.5. The first-order valence-corrected chi connectivity index (χ1v) is 9.18. The maximum atomic E-state index is 11.6. The van der Waals surface area contributed by atoms with Gasteiger partial charge in [0, 0.05) is 18.5 Å². The fourth-order valence-electron chi connectivity index (χ4n) is 4.25. The first-order valence-electron chi connectivity index (χ1n) is 9.18. The van der Waals surface area contributed by atoms with Gasteiger partial charge in [-0.1, -0.05) is 24.3 Å². The largest absolute Gasteiger partial charge is 0.377 e. The van der Waals surface area contributed by atoms with Crippen LogP contribution < -0.4 is 5.73 Å². The van der Waals surface area contributed by atoms with Crippen LogP contribution in [0, 0.1) is 11.8 Å². The number of rotatable bonds is 4. The molecule has 2 fully saturated rings. The molecule has 4 rings (SSSR count). The number of nitrogens with two attached hydrogens (primary N) is 1. The monoisotopic (exact) mass is 339 g/mol. The summed E-state index contributed by atoms with van der Waals surface area (Å²) in [7, 11) is 0. The van der Waals surface area contributed by atoms with E-state index in [2.05, 4.69) is 29.2 Å². The van der Waals surface area contributed by atoms with Crippen molar-refractivity contribution in [2.45, 2.75) is 31.9 Å². The van der Waals surface area contributed by atoms with Gasteiger partial charge in [-0.25, -0.2) is 0 Å². The van der Waals surface area contributed by atoms with Gasteiger partial charge < -0.3 is 10.5 Å². The van der Waals surface area contributed by atoms with Crippen molar-refractivity contribution in [1.82, 2.24) is 9.88 Å². The number of primary amides is 1. The Kier molecular flexibility index (Phi) is 4.68. The molecule has 5 nitrogen and oxygen atoms in total. The second-order valence-electron chi connectivity index (χ2n) is 7.24. The number of hydrogen-bond acceptors (Lipinski definition) is 4. The molecule has 0 spiro atoms. The lowest BCUT2D eigenvalue weighted by molar-refractivity contribution is -0.124. The van der Waals surface area contributed by atoms with Gasteiger partial charge in [0.15, 0.2) is 0 Å². The van der Waals surface area contributed by atoms with Gasteiger partial charge >= 0.3 is 0 Å². The Bertz CT molecular complexity index is 755. The number of carbonyl (C=O) groups excluding carboxylic acids is 1. The molecule has 2 aliphatic rings. The van der Waals surface area contributed by atoms with Crippen molar-refractivity contribution >= 4 is 16.8 Å². The topological polar surface area (TPSA) is 68.5 Å². The molecule has 2 saturated heterocycles. The van der Waals surface area contributed by atoms with Crippen molar-refractivity contribution in [3.8, 4) is 0 Å². The van der Waals surface area contributed by atoms with E-state index in [1.807, 2.05) is 12.1 Å². The second kappa shape index (κ2) is 7.10. The number of nitrogens with zero attached hydrogens (tertiary/aromatic N) is 2. The zero-order valence-electron chi connectivity index (χ0n) is 14.4. The third-order valence-corrected chi connectivity index (χ3v) is 5.64. The number of likely N-dealkylation sites (tertiary alicyclic amines) is 1. The predicted octanol–water partition coefficient (Wildman–Crippen LogP) is 2.34. The minimum absolute atomic E-state index is 0.0263. The van der Waals surface area contributed by atoms with E-state index in [0.29, 0.717) is 12.5 Å². The number of aromatic nitrogens is 1. The lowest BCUT2D eigenvalue weighted by Gasteiger charge is -2.35. The van der Waals surface area contributed by atoms with E-state index in [0.717, 1.165) is 50.1 Å². The second-order valence-corrected chi connectivity index (χ2v) is 7.24. The molecule has 132 valence electrons. The number of fused-ring (bicyclic) bond motifs is 1. The number of amides is 1. The number of para-hydroxylation sites is 1. The minimum Gasteiger partial charge on any atom is -0.377 e. The summed E-state index contributed by atoms with van der Waals surface area (Å²) in [5, 5.41) is 1.18. The molecule has 0 unspecified atom stereocenters. The molecule has 2 N–H and O–H groups in total. The molecular formula is C20H25N3O2. The number of piperidine rings is 1. The van der Waals surface area contributed by atoms with Gasteiger partial charge in [-0.05, 0) is 50.4 Å². The molecule has 25 heavy (non-hydrogen) atoms. The van der Waals surface area contributed by atoms with Gasteiger partial charge in [0.2, 0.25) is 5.91 Å². The van der Waals surface area contributed by atoms with Crippen molar-refractivity contribution in [3.05, 3.63) is 42.1 Å². The Hall–Kier alpha value is -1.98. The average Bonchev–Trinajstić information content (AvgIpc) is 3.12. The molecule has 0 radical (unpaired) electrons. The van der Waals surface area contributed by atoms with E-state index in [-0.39, 0.29) is 17.9 Å². The number of benzene rings is 1. The Morgan fingerprint density at radius 1 is 1.16 bits per heavy atom. The summed E-state index contributed by atoms with van der Waals surface area (Å²) >= 11 is 0. The van der Waals surface area contributed by atoms with Crippen molar-refractivity contribution in [2.75, 3.05) is 19.7 Å². The Balaban J connectivity index is 1.36. The molecule has 0 bridgehead atoms. The zero-order valence-corrected chi connectivity index (χ0v) is 14.4. The van der Waals surface area contributed by atoms with Crippen LogP contribution in [0.25, 0.3) is 10.9 Å². The van der Waals surface area contributed by atoms with Crippen LogP contribution in [0.4, 0.5) is 0 Å². The third-order valence-electron chi connectivity index (χ3n) is 5.64. The van der Waals surface area contributed by atoms with Crippen LogP contribution in [0.15, 0.2) is 36.4 Å². The average molecular weight is 339 g/mol. The molecular weight excluding hydrogens is 314 g/mol. The fraction of sp³-hybridized carbons (Fsp3) is 0.500. The molecule has 0 aliphatic carbocycles. The van der Waals surface area contributed by atoms with Gasteiger partial charge in [0.25, 0.3) is 0 Å². The number of carbonyl (C=O) groups is 1. The standard InChI is InChI=1S/C20H25N3O2/c21-20(24)17-9-12-25-19(17)15-7-10-23(11-8-15)13-16-6-5-14-3-1-2-4-18(14)22-16/h1-6,15,17,19H,7-13H2,(H2,21,24)/t17-,19+/m0/s1. The van der Waals surface area contributed by atoms with E-state index in [1.165, 1.54) is 5.39 Å². The van der Waals surface area contributed by atoms with E-state index < -0.39 is 0 Å². The molecule has 2 atom stereocenters. The SMILES string of the molecule is NC(=O)[C@H]1CCO[C@@H]1C1CCN(Cc2ccc3ccccc3n2)CC1. The van der Waals surface area contributed by atoms with Crippen LogP contribution in [-0.2, 0) is 16.1 Å². The lowest BCUT2D eigenvalue weighted by atomic mass is 9.84. The molecule has 2 aliphatic heterocycles. The quantitative estimate of drug-likeness (QED) is 0.928. The van der Waals surface area contributed by atoms with E-state index in [9.17, 15) is 4.79 Å². The van der Waals surface area contributed by atoms with E-state index in [1.54, 1.807) is 0 Å². The summed E-state index contributed by atoms with van der Waals surface area (Å²) < 4.78 is 5.84. The highest BCUT2D eigenvalue weighted by Gasteiger charge is 2.39. The molecule has 5 heteroatoms. The summed E-state index contributed by atoms with van der Waals surface area (Å²) in [6, 6.07) is 12.5. The molecule has 1 aromatic carbocycles. The summed E-state index contributed by atoms with van der Waals surface area (Å²) in [4.78, 5) is 18.8. The van der Waals surface area contributed by atoms with E-state index in [4.69, 9.17) is 15.5 Å². The highest BCUT2D eigenvalue weighted by molar-refractivity contribution is 5.78. The van der Waals surface area contributed by atoms with Crippen molar-refractivity contribution in [2.24, 2.45) is 17.6 Å². The van der Waals surface area contributed by atoms with Gasteiger partial charge in [-0.2, -0.15) is 0 Å². The van der Waals surface area contributed by atoms with Crippen molar-refractivity contribution in [3.63, 3.8) is 0 Å². The normalized spacial score (nSPS) is 25.4. The van der Waals surface area contributed by atoms with E-state index >= 15 is 0 Å². The third kappa shape index (κ3) is 3.53. The highest BCUT2D eigenvalue weighted by atomic mass is 16.5. The van der Waals surface area contributed by atoms with Crippen LogP contribution in [0.5, 0.6) is 0 Å². The Morgan fingerprint density at radius 2 is 1.96 bits per heavy atom. The first-order chi connectivity index (χ1) is 12.2. The van der Waals surface area contributed by atoms with Crippen LogP contribution in [0.1, 0.15) is 25.0 Å². The maximum Gasteiger partial charge on any atom is 0.223 e. The highest BCUT2D eigenvalue weighted by Crippen LogP contribution is 2.33. The lowest BCUT2D eigenvalue weighted by Crippen LogP contribution is -2.42. The van der Waals surface area contributed by atoms with Crippen LogP contribution in [0.2, 0.25) is 0 Å². The van der Waals surface area contributed by atoms with Crippen LogP contribution in [0.3, 0.4) is 0 Å². The van der Waals surface area contributed by atoms with Gasteiger partial charge in [-0.15, -0.1) is 0 Å². The molecule has 1 aromatic heterocycles. The molecule has 2 aromatic rings. The predicted molar refractivity (Wildman–Crippen MR) is 96.8 cm³/mol. The van der Waals surface area contributed by atoms with Gasteiger partial charge in [0.05, 0.1) is 23.2 Å². The van der Waals surface area contributed by atoms with Gasteiger partial charge in [-0.3, -0.25) is 14.7 Å². The Morgan fingerprint density at radius 3 is 2.76 bits per heavy atom. The number of pyridine rings is 1. The molecule has 1 amide bonds. The van der Waals surface area contributed by atoms with Crippen molar-refractivity contribution < 1.29 is 9.53 Å². The zero-order chi connectivity index (χ0) is 17.2. The number of hydrogen-bond donors (Lipinski definition) is 1. The Labute approximate surface area is 148 Å². The molecule has 0 saturated carbocycles. The van der Waals surface area contributed by atoms with Crippen molar-refractivity contribution in [1.29, 1.82) is 0 Å². The maximum absolute atomic E-state index is 11.6. The minimum atomic E-state index is -0.203. The summed E-state index contributed by atoms with van der Waals surface area (Å²) in [6.07, 6.45) is 2.92. The summed E-state index contributed by atoms with van der Waals surface area (Å²) in [5.41, 5.74) is 7.70. The molecule has 3 heterocycles. The smallest absolute Gasteiger partial charge is 0.223 e. The van der Waals surface area contributed by atoms with Gasteiger partial charge in [0.1, 0.15) is 0 Å². The van der Waals surface area contributed by atoms with Crippen LogP contribution >= 0.6 is 0 Å². The number of ether oxygens (including phenoxy) is 1. The van der Waals surface area contributed by atoms with Crippen LogP contribution in [-0.4, -0.2) is 41.6 Å². The summed E-state index contributed by atoms with van der Waals surface area (Å²) in [5.74, 6) is 0.143.